The molecule has 7 heteroatoms. The van der Waals surface area contributed by atoms with Crippen LogP contribution >= 0.6 is 11.6 Å². The van der Waals surface area contributed by atoms with Crippen LogP contribution in [-0.2, 0) is 13.6 Å². The van der Waals surface area contributed by atoms with E-state index in [0.717, 1.165) is 24.0 Å². The minimum Gasteiger partial charge on any atom is -0.395 e. The number of hydrogen-bond donors (Lipinski definition) is 1. The molecule has 0 saturated carbocycles. The summed E-state index contributed by atoms with van der Waals surface area (Å²) in [5.41, 5.74) is 0.743. The fourth-order valence-electron chi connectivity index (χ4n) is 2.86. The van der Waals surface area contributed by atoms with Crippen molar-refractivity contribution in [2.45, 2.75) is 25.9 Å². The average molecular weight is 296 g/mol. The molecule has 6 nitrogen and oxygen atoms in total. The second-order valence-electron chi connectivity index (χ2n) is 5.42. The first-order chi connectivity index (χ1) is 9.60. The van der Waals surface area contributed by atoms with Gasteiger partial charge in [0.05, 0.1) is 24.7 Å². The van der Waals surface area contributed by atoms with Gasteiger partial charge in [0.1, 0.15) is 11.0 Å². The molecule has 1 saturated heterocycles. The lowest BCUT2D eigenvalue weighted by Crippen LogP contribution is -2.35. The van der Waals surface area contributed by atoms with Crippen molar-refractivity contribution in [2.75, 3.05) is 13.2 Å². The Kier molecular flexibility index (Phi) is 3.62. The van der Waals surface area contributed by atoms with Crippen LogP contribution in [0.1, 0.15) is 19.2 Å². The molecule has 2 aromatic rings. The summed E-state index contributed by atoms with van der Waals surface area (Å²) in [7, 11) is 1.84. The van der Waals surface area contributed by atoms with E-state index in [2.05, 4.69) is 26.9 Å². The van der Waals surface area contributed by atoms with E-state index in [-0.39, 0.29) is 12.6 Å². The Hall–Kier alpha value is -1.24. The van der Waals surface area contributed by atoms with Crippen LogP contribution < -0.4 is 0 Å². The number of hydrogen-bond acceptors (Lipinski definition) is 5. The maximum atomic E-state index is 9.50. The van der Waals surface area contributed by atoms with Crippen molar-refractivity contribution in [1.29, 1.82) is 0 Å². The molecule has 0 radical (unpaired) electrons. The van der Waals surface area contributed by atoms with Crippen molar-refractivity contribution in [1.82, 2.24) is 24.6 Å². The summed E-state index contributed by atoms with van der Waals surface area (Å²) in [5.74, 6) is 1.18. The summed E-state index contributed by atoms with van der Waals surface area (Å²) in [4.78, 5) is 11.1. The number of rotatable bonds is 3. The molecule has 1 aliphatic rings. The van der Waals surface area contributed by atoms with Gasteiger partial charge in [-0.3, -0.25) is 9.58 Å². The summed E-state index contributed by atoms with van der Waals surface area (Å²) in [6.45, 7) is 3.90. The normalized spacial score (nSPS) is 23.8. The van der Waals surface area contributed by atoms with Gasteiger partial charge in [-0.2, -0.15) is 5.10 Å². The van der Waals surface area contributed by atoms with Crippen LogP contribution in [0, 0.1) is 5.92 Å². The molecule has 3 heterocycles. The Labute approximate surface area is 122 Å². The highest BCUT2D eigenvalue weighted by molar-refractivity contribution is 6.33. The van der Waals surface area contributed by atoms with Crippen molar-refractivity contribution >= 4 is 22.6 Å². The van der Waals surface area contributed by atoms with Crippen LogP contribution in [0.5, 0.6) is 0 Å². The minimum absolute atomic E-state index is 0.169. The Morgan fingerprint density at radius 3 is 3.00 bits per heavy atom. The predicted molar refractivity (Wildman–Crippen MR) is 76.4 cm³/mol. The summed E-state index contributed by atoms with van der Waals surface area (Å²) in [6.07, 6.45) is 2.77. The van der Waals surface area contributed by atoms with Gasteiger partial charge in [0.15, 0.2) is 5.65 Å². The first-order valence-corrected chi connectivity index (χ1v) is 7.17. The standard InChI is InChI=1S/C13H18ClN5O/c1-8-3-4-19(10(8)7-20)6-11-16-12(14)9-5-15-18(2)13(9)17-11/h5,8,10,20H,3-4,6-7H2,1-2H3. The quantitative estimate of drug-likeness (QED) is 0.863. The predicted octanol–water partition coefficient (Wildman–Crippen LogP) is 1.22. The highest BCUT2D eigenvalue weighted by atomic mass is 35.5. The van der Waals surface area contributed by atoms with E-state index in [4.69, 9.17) is 11.6 Å². The molecular formula is C13H18ClN5O. The monoisotopic (exact) mass is 295 g/mol. The number of aliphatic hydroxyl groups is 1. The van der Waals surface area contributed by atoms with E-state index >= 15 is 0 Å². The number of aromatic nitrogens is 4. The van der Waals surface area contributed by atoms with Gasteiger partial charge < -0.3 is 5.11 Å². The third-order valence-corrected chi connectivity index (χ3v) is 4.41. The van der Waals surface area contributed by atoms with Gasteiger partial charge in [0, 0.05) is 13.1 Å². The van der Waals surface area contributed by atoms with Gasteiger partial charge >= 0.3 is 0 Å². The van der Waals surface area contributed by atoms with Crippen LogP contribution in [0.25, 0.3) is 11.0 Å². The lowest BCUT2D eigenvalue weighted by Gasteiger charge is -2.24. The number of halogens is 1. The molecule has 2 unspecified atom stereocenters. The second kappa shape index (κ2) is 5.27. The van der Waals surface area contributed by atoms with Gasteiger partial charge in [-0.25, -0.2) is 9.97 Å². The zero-order valence-electron chi connectivity index (χ0n) is 11.6. The molecule has 0 bridgehead atoms. The lowest BCUT2D eigenvalue weighted by atomic mass is 10.0. The molecule has 3 rings (SSSR count). The topological polar surface area (TPSA) is 67.1 Å². The molecule has 0 aromatic carbocycles. The molecular weight excluding hydrogens is 278 g/mol. The Balaban J connectivity index is 1.89. The highest BCUT2D eigenvalue weighted by Crippen LogP contribution is 2.26. The molecule has 1 aliphatic heterocycles. The summed E-state index contributed by atoms with van der Waals surface area (Å²) < 4.78 is 1.70. The Bertz CT molecular complexity index is 628. The summed E-state index contributed by atoms with van der Waals surface area (Å²) in [5, 5.41) is 14.9. The summed E-state index contributed by atoms with van der Waals surface area (Å²) in [6, 6.07) is 0.180. The van der Waals surface area contributed by atoms with Crippen LogP contribution in [-0.4, -0.2) is 48.9 Å². The van der Waals surface area contributed by atoms with Crippen LogP contribution in [0.2, 0.25) is 5.15 Å². The average Bonchev–Trinajstić information content (AvgIpc) is 2.95. The zero-order valence-corrected chi connectivity index (χ0v) is 12.4. The van der Waals surface area contributed by atoms with Crippen LogP contribution in [0.4, 0.5) is 0 Å². The SMILES string of the molecule is CC1CCN(Cc2nc(Cl)c3cnn(C)c3n2)C1CO. The van der Waals surface area contributed by atoms with E-state index in [1.807, 2.05) is 7.05 Å². The molecule has 0 amide bonds. The second-order valence-corrected chi connectivity index (χ2v) is 5.78. The van der Waals surface area contributed by atoms with Crippen molar-refractivity contribution in [3.8, 4) is 0 Å². The number of aliphatic hydroxyl groups excluding tert-OH is 1. The number of nitrogens with zero attached hydrogens (tertiary/aromatic N) is 5. The largest absolute Gasteiger partial charge is 0.395 e. The highest BCUT2D eigenvalue weighted by Gasteiger charge is 2.31. The third kappa shape index (κ3) is 2.28. The van der Waals surface area contributed by atoms with Gasteiger partial charge in [0.25, 0.3) is 0 Å². The van der Waals surface area contributed by atoms with Crippen LogP contribution in [0.15, 0.2) is 6.20 Å². The zero-order chi connectivity index (χ0) is 14.3. The number of likely N-dealkylation sites (tertiary alicyclic amines) is 1. The molecule has 0 spiro atoms. The van der Waals surface area contributed by atoms with Gasteiger partial charge in [-0.1, -0.05) is 18.5 Å². The third-order valence-electron chi connectivity index (χ3n) is 4.12. The molecule has 2 aromatic heterocycles. The van der Waals surface area contributed by atoms with Crippen molar-refractivity contribution in [2.24, 2.45) is 13.0 Å². The van der Waals surface area contributed by atoms with E-state index in [1.54, 1.807) is 10.9 Å². The molecule has 0 aliphatic carbocycles. The fourth-order valence-corrected chi connectivity index (χ4v) is 3.09. The number of fused-ring (bicyclic) bond motifs is 1. The first kappa shape index (κ1) is 13.7. The van der Waals surface area contributed by atoms with Crippen molar-refractivity contribution < 1.29 is 5.11 Å². The van der Waals surface area contributed by atoms with Gasteiger partial charge in [-0.15, -0.1) is 0 Å². The van der Waals surface area contributed by atoms with Crippen LogP contribution in [0.3, 0.4) is 0 Å². The molecule has 108 valence electrons. The molecule has 1 fully saturated rings. The van der Waals surface area contributed by atoms with Crippen molar-refractivity contribution in [3.63, 3.8) is 0 Å². The minimum atomic E-state index is 0.169. The maximum absolute atomic E-state index is 9.50. The van der Waals surface area contributed by atoms with Gasteiger partial charge in [-0.05, 0) is 18.9 Å². The van der Waals surface area contributed by atoms with E-state index in [1.165, 1.54) is 0 Å². The molecule has 20 heavy (non-hydrogen) atoms. The molecule has 1 N–H and O–H groups in total. The lowest BCUT2D eigenvalue weighted by molar-refractivity contribution is 0.132. The fraction of sp³-hybridized carbons (Fsp3) is 0.615. The van der Waals surface area contributed by atoms with E-state index in [9.17, 15) is 5.11 Å². The smallest absolute Gasteiger partial charge is 0.162 e. The maximum Gasteiger partial charge on any atom is 0.162 e. The first-order valence-electron chi connectivity index (χ1n) is 6.79. The Morgan fingerprint density at radius 1 is 1.45 bits per heavy atom. The molecule has 2 atom stereocenters. The number of aryl methyl sites for hydroxylation is 1. The van der Waals surface area contributed by atoms with E-state index < -0.39 is 0 Å². The van der Waals surface area contributed by atoms with E-state index in [0.29, 0.717) is 23.4 Å². The van der Waals surface area contributed by atoms with Crippen molar-refractivity contribution in [3.05, 3.63) is 17.2 Å². The Morgan fingerprint density at radius 2 is 2.25 bits per heavy atom. The van der Waals surface area contributed by atoms with Gasteiger partial charge in [0.2, 0.25) is 0 Å². The summed E-state index contributed by atoms with van der Waals surface area (Å²) >= 11 is 6.19.